The van der Waals surface area contributed by atoms with E-state index in [2.05, 4.69) is 0 Å². The van der Waals surface area contributed by atoms with Gasteiger partial charge in [-0.2, -0.15) is 5.26 Å². The third-order valence-corrected chi connectivity index (χ3v) is 1.49. The predicted octanol–water partition coefficient (Wildman–Crippen LogP) is 2.19. The van der Waals surface area contributed by atoms with Gasteiger partial charge < -0.3 is 4.74 Å². The van der Waals surface area contributed by atoms with E-state index in [9.17, 15) is 4.79 Å². The normalized spacial score (nSPS) is 10.7. The van der Waals surface area contributed by atoms with Crippen LogP contribution in [0.3, 0.4) is 0 Å². The first-order valence-corrected chi connectivity index (χ1v) is 4.49. The topological polar surface area (TPSA) is 50.1 Å². The zero-order chi connectivity index (χ0) is 10.1. The molecule has 0 fully saturated rings. The molecule has 0 aromatic carbocycles. The van der Waals surface area contributed by atoms with Gasteiger partial charge in [0.2, 0.25) is 0 Å². The number of allylic oxidation sites excluding steroid dienone is 1. The Morgan fingerprint density at radius 3 is 2.69 bits per heavy atom. The molecule has 0 saturated carbocycles. The van der Waals surface area contributed by atoms with Crippen LogP contribution >= 0.6 is 0 Å². The maximum absolute atomic E-state index is 11.2. The van der Waals surface area contributed by atoms with E-state index < -0.39 is 0 Å². The molecule has 0 atom stereocenters. The van der Waals surface area contributed by atoms with E-state index in [1.54, 1.807) is 13.0 Å². The molecule has 0 spiro atoms. The average Bonchev–Trinajstić information content (AvgIpc) is 2.12. The molecule has 0 aromatic rings. The second kappa shape index (κ2) is 7.35. The highest BCUT2D eigenvalue weighted by molar-refractivity contribution is 5.88. The largest absolute Gasteiger partial charge is 0.463 e. The van der Waals surface area contributed by atoms with E-state index in [0.29, 0.717) is 12.2 Å². The van der Waals surface area contributed by atoms with Crippen LogP contribution < -0.4 is 0 Å². The van der Waals surface area contributed by atoms with E-state index in [-0.39, 0.29) is 12.4 Å². The molecule has 3 nitrogen and oxygen atoms in total. The first-order chi connectivity index (χ1) is 6.26. The van der Waals surface area contributed by atoms with Crippen LogP contribution in [0, 0.1) is 11.3 Å². The molecule has 0 aliphatic carbocycles. The number of nitrogens with zero attached hydrogens (tertiary/aromatic N) is 1. The number of esters is 1. The number of hydrogen-bond acceptors (Lipinski definition) is 3. The van der Waals surface area contributed by atoms with Crippen molar-refractivity contribution in [2.75, 3.05) is 6.61 Å². The summed E-state index contributed by atoms with van der Waals surface area (Å²) < 4.78 is 4.80. The number of hydrogen-bond donors (Lipinski definition) is 0. The molecule has 0 aliphatic heterocycles. The molecular weight excluding hydrogens is 166 g/mol. The van der Waals surface area contributed by atoms with Crippen LogP contribution in [0.1, 0.15) is 33.1 Å². The lowest BCUT2D eigenvalue weighted by atomic mass is 10.1. The minimum Gasteiger partial charge on any atom is -0.463 e. The van der Waals surface area contributed by atoms with Crippen LogP contribution in [-0.2, 0) is 9.53 Å². The molecule has 3 heteroatoms. The third-order valence-electron chi connectivity index (χ3n) is 1.49. The van der Waals surface area contributed by atoms with Crippen molar-refractivity contribution in [3.63, 3.8) is 0 Å². The van der Waals surface area contributed by atoms with Crippen molar-refractivity contribution in [3.05, 3.63) is 11.6 Å². The van der Waals surface area contributed by atoms with Crippen molar-refractivity contribution in [1.29, 1.82) is 5.26 Å². The number of rotatable bonds is 5. The highest BCUT2D eigenvalue weighted by Gasteiger charge is 2.08. The molecule has 0 unspecified atom stereocenters. The number of carbonyl (C=O) groups excluding carboxylic acids is 1. The van der Waals surface area contributed by atoms with Gasteiger partial charge in [-0.1, -0.05) is 19.4 Å². The van der Waals surface area contributed by atoms with Gasteiger partial charge in [0.05, 0.1) is 19.1 Å². The average molecular weight is 181 g/mol. The molecular formula is C10H15NO2. The van der Waals surface area contributed by atoms with Crippen LogP contribution in [0.5, 0.6) is 0 Å². The molecule has 0 aliphatic rings. The zero-order valence-corrected chi connectivity index (χ0v) is 8.17. The van der Waals surface area contributed by atoms with Gasteiger partial charge in [0.25, 0.3) is 0 Å². The van der Waals surface area contributed by atoms with Gasteiger partial charge in [0.1, 0.15) is 0 Å². The zero-order valence-electron chi connectivity index (χ0n) is 8.17. The van der Waals surface area contributed by atoms with Gasteiger partial charge in [0, 0.05) is 5.57 Å². The molecule has 0 radical (unpaired) electrons. The van der Waals surface area contributed by atoms with Crippen molar-refractivity contribution in [1.82, 2.24) is 0 Å². The number of unbranched alkanes of at least 4 members (excludes halogenated alkanes) is 1. The Labute approximate surface area is 79.0 Å². The van der Waals surface area contributed by atoms with Gasteiger partial charge >= 0.3 is 5.97 Å². The van der Waals surface area contributed by atoms with Gasteiger partial charge in [-0.3, -0.25) is 0 Å². The van der Waals surface area contributed by atoms with Crippen LogP contribution in [0.2, 0.25) is 0 Å². The summed E-state index contributed by atoms with van der Waals surface area (Å²) in [6.07, 6.45) is 3.70. The van der Waals surface area contributed by atoms with Crippen molar-refractivity contribution in [3.8, 4) is 6.07 Å². The number of ether oxygens (including phenoxy) is 1. The van der Waals surface area contributed by atoms with Gasteiger partial charge in [0.15, 0.2) is 0 Å². The summed E-state index contributed by atoms with van der Waals surface area (Å²) in [5, 5.41) is 8.45. The quantitative estimate of drug-likeness (QED) is 0.482. The maximum Gasteiger partial charge on any atom is 0.334 e. The van der Waals surface area contributed by atoms with Crippen LogP contribution in [0.15, 0.2) is 11.6 Å². The number of carbonyl (C=O) groups is 1. The Kier molecular flexibility index (Phi) is 6.62. The van der Waals surface area contributed by atoms with E-state index in [0.717, 1.165) is 12.8 Å². The molecule has 0 amide bonds. The summed E-state index contributed by atoms with van der Waals surface area (Å²) in [5.41, 5.74) is 0.478. The van der Waals surface area contributed by atoms with Crippen LogP contribution in [0.25, 0.3) is 0 Å². The van der Waals surface area contributed by atoms with Gasteiger partial charge in [-0.25, -0.2) is 4.79 Å². The maximum atomic E-state index is 11.2. The second-order valence-electron chi connectivity index (χ2n) is 2.57. The third kappa shape index (κ3) is 5.02. The standard InChI is InChI=1S/C10H15NO2/c1-3-5-6-9(7-8-11)10(12)13-4-2/h6H,3-5,7H2,1-2H3. The lowest BCUT2D eigenvalue weighted by Crippen LogP contribution is -2.07. The fourth-order valence-corrected chi connectivity index (χ4v) is 0.855. The Morgan fingerprint density at radius 2 is 2.23 bits per heavy atom. The van der Waals surface area contributed by atoms with Crippen molar-refractivity contribution < 1.29 is 9.53 Å². The fourth-order valence-electron chi connectivity index (χ4n) is 0.855. The first-order valence-electron chi connectivity index (χ1n) is 4.49. The summed E-state index contributed by atoms with van der Waals surface area (Å²) in [4.78, 5) is 11.2. The minimum atomic E-state index is -0.363. The summed E-state index contributed by atoms with van der Waals surface area (Å²) >= 11 is 0. The summed E-state index contributed by atoms with van der Waals surface area (Å²) in [5.74, 6) is -0.363. The van der Waals surface area contributed by atoms with Gasteiger partial charge in [-0.15, -0.1) is 0 Å². The lowest BCUT2D eigenvalue weighted by molar-refractivity contribution is -0.138. The van der Waals surface area contributed by atoms with E-state index in [4.69, 9.17) is 10.00 Å². The predicted molar refractivity (Wildman–Crippen MR) is 49.9 cm³/mol. The molecule has 0 saturated heterocycles. The summed E-state index contributed by atoms with van der Waals surface area (Å²) in [6.45, 7) is 4.13. The SMILES string of the molecule is CCCC=C(CC#N)C(=O)OCC. The summed E-state index contributed by atoms with van der Waals surface area (Å²) in [6, 6.07) is 1.95. The van der Waals surface area contributed by atoms with Crippen molar-refractivity contribution >= 4 is 5.97 Å². The van der Waals surface area contributed by atoms with E-state index in [1.807, 2.05) is 13.0 Å². The molecule has 0 heterocycles. The molecule has 13 heavy (non-hydrogen) atoms. The fraction of sp³-hybridized carbons (Fsp3) is 0.600. The highest BCUT2D eigenvalue weighted by Crippen LogP contribution is 2.06. The number of nitriles is 1. The molecule has 0 N–H and O–H groups in total. The monoisotopic (exact) mass is 181 g/mol. The van der Waals surface area contributed by atoms with Crippen molar-refractivity contribution in [2.24, 2.45) is 0 Å². The van der Waals surface area contributed by atoms with Gasteiger partial charge in [-0.05, 0) is 13.3 Å². The van der Waals surface area contributed by atoms with Crippen molar-refractivity contribution in [2.45, 2.75) is 33.1 Å². The second-order valence-corrected chi connectivity index (χ2v) is 2.57. The van der Waals surface area contributed by atoms with Crippen LogP contribution in [0.4, 0.5) is 0 Å². The first kappa shape index (κ1) is 11.7. The Morgan fingerprint density at radius 1 is 1.54 bits per heavy atom. The van der Waals surface area contributed by atoms with E-state index in [1.165, 1.54) is 0 Å². The smallest absolute Gasteiger partial charge is 0.334 e. The molecule has 0 bridgehead atoms. The Balaban J connectivity index is 4.24. The summed E-state index contributed by atoms with van der Waals surface area (Å²) in [7, 11) is 0. The minimum absolute atomic E-state index is 0.138. The molecule has 0 rings (SSSR count). The highest BCUT2D eigenvalue weighted by atomic mass is 16.5. The van der Waals surface area contributed by atoms with Crippen LogP contribution in [-0.4, -0.2) is 12.6 Å². The molecule has 72 valence electrons. The lowest BCUT2D eigenvalue weighted by Gasteiger charge is -2.02. The van der Waals surface area contributed by atoms with E-state index >= 15 is 0 Å². The molecule has 0 aromatic heterocycles. The Bertz CT molecular complexity index is 226. The Hall–Kier alpha value is -1.30.